The van der Waals surface area contributed by atoms with Gasteiger partial charge < -0.3 is 10.8 Å². The third-order valence-corrected chi connectivity index (χ3v) is 3.56. The summed E-state index contributed by atoms with van der Waals surface area (Å²) in [6.45, 7) is 0.271. The summed E-state index contributed by atoms with van der Waals surface area (Å²) in [6, 6.07) is 3.74. The summed E-state index contributed by atoms with van der Waals surface area (Å²) in [7, 11) is -3.59. The van der Waals surface area contributed by atoms with Crippen LogP contribution in [0.1, 0.15) is 12.8 Å². The number of nitrogens with two attached hydrogens (primary N) is 1. The predicted molar refractivity (Wildman–Crippen MR) is 65.8 cm³/mol. The van der Waals surface area contributed by atoms with E-state index in [1.807, 2.05) is 0 Å². The van der Waals surface area contributed by atoms with Crippen molar-refractivity contribution < 1.29 is 13.5 Å². The number of benzene rings is 1. The molecule has 0 heterocycles. The van der Waals surface area contributed by atoms with Gasteiger partial charge in [-0.1, -0.05) is 0 Å². The molecule has 0 fully saturated rings. The van der Waals surface area contributed by atoms with Crippen molar-refractivity contribution >= 4 is 15.7 Å². The van der Waals surface area contributed by atoms with Crippen LogP contribution in [0, 0.1) is 12.3 Å². The Labute approximate surface area is 101 Å². The average Bonchev–Trinajstić information content (AvgIpc) is 2.28. The molecule has 17 heavy (non-hydrogen) atoms. The Kier molecular flexibility index (Phi) is 4.37. The van der Waals surface area contributed by atoms with E-state index in [0.717, 1.165) is 0 Å². The van der Waals surface area contributed by atoms with Gasteiger partial charge in [0.25, 0.3) is 0 Å². The van der Waals surface area contributed by atoms with Crippen molar-refractivity contribution in [1.82, 2.24) is 4.72 Å². The average molecular weight is 254 g/mol. The molecule has 1 rings (SSSR count). The van der Waals surface area contributed by atoms with Crippen molar-refractivity contribution in [1.29, 1.82) is 0 Å². The second-order valence-corrected chi connectivity index (χ2v) is 5.19. The first-order valence-electron chi connectivity index (χ1n) is 4.99. The van der Waals surface area contributed by atoms with Gasteiger partial charge in [-0.05, 0) is 24.6 Å². The molecule has 0 saturated carbocycles. The monoisotopic (exact) mass is 254 g/mol. The van der Waals surface area contributed by atoms with E-state index in [9.17, 15) is 13.5 Å². The molecule has 0 atom stereocenters. The number of terminal acetylenes is 1. The fraction of sp³-hybridized carbons (Fsp3) is 0.273. The van der Waals surface area contributed by atoms with Gasteiger partial charge in [-0.2, -0.15) is 0 Å². The first-order valence-corrected chi connectivity index (χ1v) is 6.47. The summed E-state index contributed by atoms with van der Waals surface area (Å²) in [5.41, 5.74) is 5.45. The van der Waals surface area contributed by atoms with Crippen molar-refractivity contribution in [3.05, 3.63) is 18.2 Å². The first-order chi connectivity index (χ1) is 7.97. The summed E-state index contributed by atoms with van der Waals surface area (Å²) in [4.78, 5) is 0.0218. The normalized spacial score (nSPS) is 11.0. The molecule has 0 amide bonds. The summed E-state index contributed by atoms with van der Waals surface area (Å²) in [5, 5.41) is 9.19. The Bertz CT molecular complexity index is 532. The van der Waals surface area contributed by atoms with E-state index in [1.54, 1.807) is 0 Å². The van der Waals surface area contributed by atoms with E-state index in [1.165, 1.54) is 18.2 Å². The molecule has 0 spiro atoms. The highest BCUT2D eigenvalue weighted by Crippen LogP contribution is 2.22. The molecule has 1 aromatic rings. The fourth-order valence-corrected chi connectivity index (χ4v) is 2.29. The highest BCUT2D eigenvalue weighted by atomic mass is 32.2. The molecular weight excluding hydrogens is 240 g/mol. The maximum absolute atomic E-state index is 11.8. The molecule has 5 nitrogen and oxygen atoms in total. The van der Waals surface area contributed by atoms with Crippen molar-refractivity contribution in [2.45, 2.75) is 17.7 Å². The molecule has 1 aromatic carbocycles. The Hall–Kier alpha value is -1.71. The topological polar surface area (TPSA) is 92.4 Å². The summed E-state index contributed by atoms with van der Waals surface area (Å²) in [5.74, 6) is 2.28. The van der Waals surface area contributed by atoms with Crippen LogP contribution in [-0.4, -0.2) is 20.1 Å². The van der Waals surface area contributed by atoms with E-state index in [4.69, 9.17) is 12.2 Å². The Morgan fingerprint density at radius 2 is 2.18 bits per heavy atom. The second kappa shape index (κ2) is 5.57. The first kappa shape index (κ1) is 13.4. The summed E-state index contributed by atoms with van der Waals surface area (Å²) >= 11 is 0. The van der Waals surface area contributed by atoms with Crippen molar-refractivity contribution in [2.75, 3.05) is 12.3 Å². The Balaban J connectivity index is 2.76. The van der Waals surface area contributed by atoms with Crippen LogP contribution >= 0.6 is 0 Å². The van der Waals surface area contributed by atoms with Crippen LogP contribution in [0.5, 0.6) is 5.75 Å². The molecule has 0 aliphatic heterocycles. The molecule has 4 N–H and O–H groups in total. The molecule has 92 valence electrons. The minimum Gasteiger partial charge on any atom is -0.506 e. The van der Waals surface area contributed by atoms with Gasteiger partial charge in [0.05, 0.1) is 10.6 Å². The van der Waals surface area contributed by atoms with Crippen LogP contribution in [0.15, 0.2) is 23.1 Å². The smallest absolute Gasteiger partial charge is 0.240 e. The Morgan fingerprint density at radius 3 is 2.76 bits per heavy atom. The fourth-order valence-electron chi connectivity index (χ4n) is 1.18. The molecule has 6 heteroatoms. The quantitative estimate of drug-likeness (QED) is 0.311. The maximum atomic E-state index is 11.8. The number of hydrogen-bond donors (Lipinski definition) is 3. The van der Waals surface area contributed by atoms with Crippen molar-refractivity contribution in [2.24, 2.45) is 0 Å². The lowest BCUT2D eigenvalue weighted by molar-refractivity contribution is 0.477. The van der Waals surface area contributed by atoms with Crippen LogP contribution < -0.4 is 10.5 Å². The number of unbranched alkanes of at least 4 members (excludes halogenated alkanes) is 1. The maximum Gasteiger partial charge on any atom is 0.240 e. The van der Waals surface area contributed by atoms with E-state index in [-0.39, 0.29) is 22.9 Å². The second-order valence-electron chi connectivity index (χ2n) is 3.43. The minimum absolute atomic E-state index is 0.0218. The molecule has 0 unspecified atom stereocenters. The van der Waals surface area contributed by atoms with Crippen molar-refractivity contribution in [3.8, 4) is 18.1 Å². The molecule has 0 aliphatic carbocycles. The van der Waals surface area contributed by atoms with Crippen LogP contribution in [0.2, 0.25) is 0 Å². The van der Waals surface area contributed by atoms with E-state index in [2.05, 4.69) is 10.6 Å². The van der Waals surface area contributed by atoms with Gasteiger partial charge in [0.15, 0.2) is 0 Å². The van der Waals surface area contributed by atoms with Crippen LogP contribution in [0.4, 0.5) is 5.69 Å². The number of nitrogens with one attached hydrogen (secondary N) is 1. The number of anilines is 1. The lowest BCUT2D eigenvalue weighted by Gasteiger charge is -2.07. The van der Waals surface area contributed by atoms with Gasteiger partial charge in [0.2, 0.25) is 10.0 Å². The molecule has 0 aromatic heterocycles. The molecular formula is C11H14N2O3S. The lowest BCUT2D eigenvalue weighted by atomic mass is 10.3. The molecule has 0 aliphatic rings. The van der Waals surface area contributed by atoms with Gasteiger partial charge >= 0.3 is 0 Å². The molecule has 0 bridgehead atoms. The SMILES string of the molecule is C#CCCCNS(=O)(=O)c1ccc(O)c(N)c1. The minimum atomic E-state index is -3.59. The number of phenolic OH excluding ortho intramolecular Hbond substituents is 1. The number of nitrogen functional groups attached to an aromatic ring is 1. The van der Waals surface area contributed by atoms with Gasteiger partial charge in [0.1, 0.15) is 5.75 Å². The number of sulfonamides is 1. The number of aromatic hydroxyl groups is 1. The molecule has 0 saturated heterocycles. The van der Waals surface area contributed by atoms with Gasteiger partial charge in [-0.15, -0.1) is 12.3 Å². The number of hydrogen-bond acceptors (Lipinski definition) is 4. The van der Waals surface area contributed by atoms with E-state index in [0.29, 0.717) is 12.8 Å². The summed E-state index contributed by atoms with van der Waals surface area (Å²) in [6.07, 6.45) is 6.14. The van der Waals surface area contributed by atoms with Crippen molar-refractivity contribution in [3.63, 3.8) is 0 Å². The molecule has 0 radical (unpaired) electrons. The predicted octanol–water partition coefficient (Wildman–Crippen LogP) is 0.666. The zero-order valence-corrected chi connectivity index (χ0v) is 10.00. The van der Waals surface area contributed by atoms with E-state index >= 15 is 0 Å². The van der Waals surface area contributed by atoms with Gasteiger partial charge in [0, 0.05) is 13.0 Å². The lowest BCUT2D eigenvalue weighted by Crippen LogP contribution is -2.24. The van der Waals surface area contributed by atoms with Crippen LogP contribution in [0.25, 0.3) is 0 Å². The highest BCUT2D eigenvalue weighted by molar-refractivity contribution is 7.89. The third-order valence-electron chi connectivity index (χ3n) is 2.10. The highest BCUT2D eigenvalue weighted by Gasteiger charge is 2.14. The van der Waals surface area contributed by atoms with E-state index < -0.39 is 10.0 Å². The zero-order valence-electron chi connectivity index (χ0n) is 9.18. The van der Waals surface area contributed by atoms with Gasteiger partial charge in [-0.25, -0.2) is 13.1 Å². The Morgan fingerprint density at radius 1 is 1.47 bits per heavy atom. The standard InChI is InChI=1S/C11H14N2O3S/c1-2-3-4-7-13-17(15,16)9-5-6-11(14)10(12)8-9/h1,5-6,8,13-14H,3-4,7,12H2. The zero-order chi connectivity index (χ0) is 12.9. The largest absolute Gasteiger partial charge is 0.506 e. The van der Waals surface area contributed by atoms with Crippen LogP contribution in [0.3, 0.4) is 0 Å². The number of rotatable bonds is 5. The summed E-state index contributed by atoms with van der Waals surface area (Å²) < 4.78 is 25.9. The number of phenols is 1. The third kappa shape index (κ3) is 3.66. The van der Waals surface area contributed by atoms with Crippen LogP contribution in [-0.2, 0) is 10.0 Å². The van der Waals surface area contributed by atoms with Gasteiger partial charge in [-0.3, -0.25) is 0 Å².